The zero-order valence-electron chi connectivity index (χ0n) is 15.3. The van der Waals surface area contributed by atoms with E-state index >= 15 is 0 Å². The second-order valence-electron chi connectivity index (χ2n) is 4.75. The van der Waals surface area contributed by atoms with E-state index < -0.39 is 23.5 Å². The van der Waals surface area contributed by atoms with E-state index in [1.165, 1.54) is 62.3 Å². The molecule has 0 amide bonds. The Morgan fingerprint density at radius 3 is 1.07 bits per heavy atom. The van der Waals surface area contributed by atoms with Crippen LogP contribution in [0.1, 0.15) is 25.0 Å². The van der Waals surface area contributed by atoms with Crippen molar-refractivity contribution in [2.24, 2.45) is 0 Å². The molecule has 0 aromatic heterocycles. The second kappa shape index (κ2) is 16.1. The molecule has 0 aliphatic carbocycles. The molecule has 0 bridgehead atoms. The minimum atomic E-state index is -4.18. The molecule has 0 spiro atoms. The summed E-state index contributed by atoms with van der Waals surface area (Å²) in [4.78, 5) is 0. The summed E-state index contributed by atoms with van der Waals surface area (Å²) < 4.78 is 73.1. The van der Waals surface area contributed by atoms with Gasteiger partial charge in [-0.2, -0.15) is 62.7 Å². The molecule has 2 rings (SSSR count). The monoisotopic (exact) mass is 484 g/mol. The topological polar surface area (TPSA) is 46.1 Å². The van der Waals surface area contributed by atoms with Crippen molar-refractivity contribution in [3.8, 4) is 0 Å². The first-order valence-electron chi connectivity index (χ1n) is 7.26. The van der Waals surface area contributed by atoms with Gasteiger partial charge in [0, 0.05) is 0 Å². The van der Waals surface area contributed by atoms with Crippen molar-refractivity contribution in [2.75, 3.05) is 0 Å². The molecule has 0 saturated heterocycles. The maximum absolute atomic E-state index is 11.6. The van der Waals surface area contributed by atoms with Gasteiger partial charge in [-0.3, -0.25) is 0 Å². The summed E-state index contributed by atoms with van der Waals surface area (Å²) in [6.45, 7) is 8.83. The van der Waals surface area contributed by atoms with E-state index in [1.54, 1.807) is 0 Å². The molecular weight excluding hydrogens is 465 g/mol. The standard InChI is InChI=1S/2C6H4F3.2C3H6O.CH2.Zr/c2*7-6(8,9)5-3-1-2-4-5;2*1-3(2)4;;/h2*1-4H;2*4H,1H2,2H3;1H2;/q2*-1;;;;+2/p-2. The molecule has 2 aromatic rings. The quantitative estimate of drug-likeness (QED) is 0.312. The molecule has 2 aromatic carbocycles. The molecule has 0 fully saturated rings. The first-order valence-corrected chi connectivity index (χ1v) is 9.00. The average Bonchev–Trinajstić information content (AvgIpc) is 3.22. The zero-order chi connectivity index (χ0) is 23.0. The molecule has 0 radical (unpaired) electrons. The number of halogens is 6. The summed E-state index contributed by atoms with van der Waals surface area (Å²) in [5.74, 6) is -0.167. The van der Waals surface area contributed by atoms with Crippen LogP contribution < -0.4 is 10.2 Å². The van der Waals surface area contributed by atoms with E-state index in [-0.39, 0.29) is 11.5 Å². The third kappa shape index (κ3) is 22.2. The van der Waals surface area contributed by atoms with Gasteiger partial charge < -0.3 is 10.2 Å². The first-order chi connectivity index (χ1) is 12.7. The van der Waals surface area contributed by atoms with Gasteiger partial charge in [-0.05, 0) is 0 Å². The number of hydrogen-bond donors (Lipinski definition) is 0. The Hall–Kier alpha value is -1.89. The molecule has 0 unspecified atom stereocenters. The minimum absolute atomic E-state index is 0.0833. The molecule has 0 aliphatic heterocycles. The number of rotatable bonds is 0. The normalized spacial score (nSPS) is 9.64. The van der Waals surface area contributed by atoms with Crippen LogP contribution in [0, 0.1) is 0 Å². The van der Waals surface area contributed by atoms with Crippen LogP contribution in [-0.4, -0.2) is 4.21 Å². The molecule has 156 valence electrons. The van der Waals surface area contributed by atoms with E-state index in [0.29, 0.717) is 0 Å². The number of allylic oxidation sites excluding steroid dienone is 2. The fourth-order valence-corrected chi connectivity index (χ4v) is 1.13. The van der Waals surface area contributed by atoms with Gasteiger partial charge in [0.05, 0.1) is 0 Å². The molecule has 0 aliphatic rings. The Morgan fingerprint density at radius 2 is 1.00 bits per heavy atom. The summed E-state index contributed by atoms with van der Waals surface area (Å²) in [5.41, 5.74) is -1.16. The number of alkyl halides is 6. The predicted octanol–water partition coefficient (Wildman–Crippen LogP) is 4.57. The van der Waals surface area contributed by atoms with Crippen molar-refractivity contribution in [3.63, 3.8) is 0 Å². The summed E-state index contributed by atoms with van der Waals surface area (Å²) in [6.07, 6.45) is -8.35. The van der Waals surface area contributed by atoms with Crippen LogP contribution in [0.3, 0.4) is 0 Å². The Labute approximate surface area is 175 Å². The Morgan fingerprint density at radius 1 is 0.786 bits per heavy atom. The van der Waals surface area contributed by atoms with Gasteiger partial charge >= 0.3 is 40.8 Å². The third-order valence-electron chi connectivity index (χ3n) is 1.98. The summed E-state index contributed by atoms with van der Waals surface area (Å²) in [6, 6.07) is 9.62. The van der Waals surface area contributed by atoms with E-state index in [4.69, 9.17) is 0 Å². The van der Waals surface area contributed by atoms with E-state index in [9.17, 15) is 36.6 Å². The molecule has 0 heterocycles. The van der Waals surface area contributed by atoms with E-state index in [2.05, 4.69) is 17.4 Å². The van der Waals surface area contributed by atoms with Crippen LogP contribution in [0.4, 0.5) is 26.3 Å². The molecular formula is C19H20F6O2Zr-2. The average molecular weight is 486 g/mol. The van der Waals surface area contributed by atoms with Gasteiger partial charge in [0.2, 0.25) is 0 Å². The van der Waals surface area contributed by atoms with Crippen LogP contribution in [-0.2, 0) is 36.6 Å². The van der Waals surface area contributed by atoms with Crippen molar-refractivity contribution < 1.29 is 60.8 Å². The second-order valence-corrected chi connectivity index (χ2v) is 4.75. The Balaban J connectivity index is -0.000000309. The van der Waals surface area contributed by atoms with Gasteiger partial charge in [-0.15, -0.1) is 24.7 Å². The Bertz CT molecular complexity index is 562. The van der Waals surface area contributed by atoms with Crippen molar-refractivity contribution >= 4 is 4.21 Å². The summed E-state index contributed by atoms with van der Waals surface area (Å²) >= 11 is 1.30. The van der Waals surface area contributed by atoms with Gasteiger partial charge in [-0.25, -0.2) is 12.1 Å². The van der Waals surface area contributed by atoms with Crippen LogP contribution in [0.5, 0.6) is 0 Å². The van der Waals surface area contributed by atoms with E-state index in [0.717, 1.165) is 24.3 Å². The molecule has 2 nitrogen and oxygen atoms in total. The molecule has 28 heavy (non-hydrogen) atoms. The SMILES string of the molecule is C=C(C)[O-].C=C(C)[O-].FC(F)(F)c1cc[cH-]c1.FC(F)(F)c1cc[cH-]c1.[CH2]=[Zr+2]. The van der Waals surface area contributed by atoms with Crippen molar-refractivity contribution in [3.05, 3.63) is 84.3 Å². The van der Waals surface area contributed by atoms with Crippen LogP contribution >= 0.6 is 0 Å². The third-order valence-corrected chi connectivity index (χ3v) is 1.98. The van der Waals surface area contributed by atoms with Crippen molar-refractivity contribution in [1.82, 2.24) is 0 Å². The molecule has 0 N–H and O–H groups in total. The summed E-state index contributed by atoms with van der Waals surface area (Å²) in [5, 5.41) is 18.7. The zero-order valence-corrected chi connectivity index (χ0v) is 17.8. The maximum atomic E-state index is 11.6. The van der Waals surface area contributed by atoms with E-state index in [1.807, 2.05) is 0 Å². The van der Waals surface area contributed by atoms with Crippen LogP contribution in [0.2, 0.25) is 0 Å². The fourth-order valence-electron chi connectivity index (χ4n) is 1.13. The molecule has 9 heteroatoms. The molecule has 0 saturated carbocycles. The summed E-state index contributed by atoms with van der Waals surface area (Å²) in [7, 11) is 0. The Kier molecular flexibility index (Phi) is 17.7. The van der Waals surface area contributed by atoms with Gasteiger partial charge in [-0.1, -0.05) is 25.0 Å². The van der Waals surface area contributed by atoms with Gasteiger partial charge in [0.1, 0.15) is 0 Å². The fraction of sp³-hybridized carbons (Fsp3) is 0.211. The van der Waals surface area contributed by atoms with Crippen LogP contribution in [0.15, 0.2) is 73.2 Å². The number of hydrogen-bond acceptors (Lipinski definition) is 2. The van der Waals surface area contributed by atoms with Crippen molar-refractivity contribution in [2.45, 2.75) is 26.2 Å². The first kappa shape index (κ1) is 30.8. The predicted molar refractivity (Wildman–Crippen MR) is 90.8 cm³/mol. The molecule has 0 atom stereocenters. The van der Waals surface area contributed by atoms with Gasteiger partial charge in [0.25, 0.3) is 0 Å². The van der Waals surface area contributed by atoms with Crippen LogP contribution in [0.25, 0.3) is 0 Å². The van der Waals surface area contributed by atoms with Gasteiger partial charge in [0.15, 0.2) is 0 Å². The van der Waals surface area contributed by atoms with Crippen molar-refractivity contribution in [1.29, 1.82) is 0 Å².